The number of hydrogen-bond donors (Lipinski definition) is 1. The lowest BCUT2D eigenvalue weighted by Crippen LogP contribution is -2.51. The van der Waals surface area contributed by atoms with Crippen LogP contribution in [0, 0.1) is 0 Å². The first-order valence-electron chi connectivity index (χ1n) is 7.61. The summed E-state index contributed by atoms with van der Waals surface area (Å²) >= 11 is 0. The highest BCUT2D eigenvalue weighted by atomic mass is 16.2. The van der Waals surface area contributed by atoms with Gasteiger partial charge in [-0.2, -0.15) is 0 Å². The average Bonchev–Trinajstić information content (AvgIpc) is 2.89. The zero-order valence-corrected chi connectivity index (χ0v) is 12.6. The molecule has 2 aliphatic heterocycles. The first-order chi connectivity index (χ1) is 10.1. The number of piperazine rings is 1. The number of amides is 3. The molecule has 0 spiro atoms. The van der Waals surface area contributed by atoms with Crippen LogP contribution < -0.4 is 5.32 Å². The molecule has 0 aromatic rings. The Morgan fingerprint density at radius 3 is 2.48 bits per heavy atom. The van der Waals surface area contributed by atoms with Crippen LogP contribution in [0.5, 0.6) is 0 Å². The van der Waals surface area contributed by atoms with E-state index in [-0.39, 0.29) is 5.91 Å². The van der Waals surface area contributed by atoms with Gasteiger partial charge in [-0.05, 0) is 19.9 Å². The lowest BCUT2D eigenvalue weighted by Gasteiger charge is -2.31. The fourth-order valence-corrected chi connectivity index (χ4v) is 2.64. The minimum atomic E-state index is -0.535. The zero-order valence-electron chi connectivity index (χ0n) is 12.6. The molecule has 0 aliphatic carbocycles. The van der Waals surface area contributed by atoms with E-state index >= 15 is 0 Å². The van der Waals surface area contributed by atoms with Crippen LogP contribution in [-0.4, -0.2) is 85.3 Å². The molecule has 0 radical (unpaired) electrons. The van der Waals surface area contributed by atoms with Gasteiger partial charge in [0.15, 0.2) is 0 Å². The molecule has 0 aromatic heterocycles. The van der Waals surface area contributed by atoms with Gasteiger partial charge in [-0.15, -0.1) is 0 Å². The van der Waals surface area contributed by atoms with Crippen LogP contribution in [0.25, 0.3) is 0 Å². The van der Waals surface area contributed by atoms with E-state index in [4.69, 9.17) is 0 Å². The van der Waals surface area contributed by atoms with E-state index in [2.05, 4.69) is 10.2 Å². The van der Waals surface area contributed by atoms with Crippen LogP contribution >= 0.6 is 0 Å². The Hall–Kier alpha value is -1.63. The molecule has 0 bridgehead atoms. The molecule has 7 nitrogen and oxygen atoms in total. The quantitative estimate of drug-likeness (QED) is 0.527. The first kappa shape index (κ1) is 15.8. The molecular weight excluding hydrogens is 272 g/mol. The molecular formula is C14H24N4O3. The summed E-state index contributed by atoms with van der Waals surface area (Å²) in [6, 6.07) is 0. The third kappa shape index (κ3) is 4.42. The van der Waals surface area contributed by atoms with Crippen molar-refractivity contribution in [3.63, 3.8) is 0 Å². The second-order valence-electron chi connectivity index (χ2n) is 5.69. The summed E-state index contributed by atoms with van der Waals surface area (Å²) in [6.07, 6.45) is 2.24. The van der Waals surface area contributed by atoms with Crippen LogP contribution in [0.4, 0.5) is 0 Å². The van der Waals surface area contributed by atoms with Gasteiger partial charge in [-0.3, -0.25) is 14.4 Å². The molecule has 0 atom stereocenters. The number of carbonyl (C=O) groups is 3. The van der Waals surface area contributed by atoms with E-state index in [0.29, 0.717) is 39.0 Å². The van der Waals surface area contributed by atoms with Gasteiger partial charge < -0.3 is 20.0 Å². The standard InChI is InChI=1S/C14H24N4O3/c1-16-8-10-18(11-9-16)14(21)13(20)15-5-3-7-17-6-2-4-12(17)19/h2-11H2,1H3,(H,15,20). The van der Waals surface area contributed by atoms with Crippen LogP contribution in [0.1, 0.15) is 19.3 Å². The summed E-state index contributed by atoms with van der Waals surface area (Å²) in [5, 5.41) is 2.65. The molecule has 1 N–H and O–H groups in total. The highest BCUT2D eigenvalue weighted by Crippen LogP contribution is 2.09. The van der Waals surface area contributed by atoms with Crippen molar-refractivity contribution >= 4 is 17.7 Å². The second kappa shape index (κ2) is 7.40. The van der Waals surface area contributed by atoms with Crippen LogP contribution in [-0.2, 0) is 14.4 Å². The van der Waals surface area contributed by atoms with Gasteiger partial charge in [0.25, 0.3) is 0 Å². The lowest BCUT2D eigenvalue weighted by atomic mass is 10.3. The highest BCUT2D eigenvalue weighted by Gasteiger charge is 2.24. The molecule has 2 fully saturated rings. The molecule has 0 saturated carbocycles. The molecule has 21 heavy (non-hydrogen) atoms. The number of hydrogen-bond acceptors (Lipinski definition) is 4. The summed E-state index contributed by atoms with van der Waals surface area (Å²) < 4.78 is 0. The van der Waals surface area contributed by atoms with Gasteiger partial charge in [-0.25, -0.2) is 0 Å². The SMILES string of the molecule is CN1CCN(C(=O)C(=O)NCCCN2CCCC2=O)CC1. The maximum Gasteiger partial charge on any atom is 0.311 e. The number of likely N-dealkylation sites (tertiary alicyclic amines) is 1. The highest BCUT2D eigenvalue weighted by molar-refractivity contribution is 6.35. The number of likely N-dealkylation sites (N-methyl/N-ethyl adjacent to an activating group) is 1. The Morgan fingerprint density at radius 2 is 1.86 bits per heavy atom. The van der Waals surface area contributed by atoms with E-state index in [1.165, 1.54) is 0 Å². The van der Waals surface area contributed by atoms with E-state index in [1.54, 1.807) is 4.90 Å². The third-order valence-electron chi connectivity index (χ3n) is 4.05. The van der Waals surface area contributed by atoms with Crippen LogP contribution in [0.3, 0.4) is 0 Å². The van der Waals surface area contributed by atoms with E-state index in [1.807, 2.05) is 11.9 Å². The largest absolute Gasteiger partial charge is 0.348 e. The fourth-order valence-electron chi connectivity index (χ4n) is 2.64. The van der Waals surface area contributed by atoms with Gasteiger partial charge in [0.2, 0.25) is 5.91 Å². The smallest absolute Gasteiger partial charge is 0.311 e. The van der Waals surface area contributed by atoms with E-state index < -0.39 is 11.8 Å². The molecule has 0 aromatic carbocycles. The van der Waals surface area contributed by atoms with Crippen LogP contribution in [0.15, 0.2) is 0 Å². The summed E-state index contributed by atoms with van der Waals surface area (Å²) in [5.41, 5.74) is 0. The summed E-state index contributed by atoms with van der Waals surface area (Å²) in [7, 11) is 2.00. The Bertz CT molecular complexity index is 405. The second-order valence-corrected chi connectivity index (χ2v) is 5.69. The van der Waals surface area contributed by atoms with Gasteiger partial charge in [-0.1, -0.05) is 0 Å². The van der Waals surface area contributed by atoms with Crippen molar-refractivity contribution in [2.75, 3.05) is 52.9 Å². The Kier molecular flexibility index (Phi) is 5.55. The summed E-state index contributed by atoms with van der Waals surface area (Å²) in [4.78, 5) is 40.7. The van der Waals surface area contributed by atoms with Crippen molar-refractivity contribution in [2.24, 2.45) is 0 Å². The topological polar surface area (TPSA) is 73.0 Å². The van der Waals surface area contributed by atoms with Crippen molar-refractivity contribution in [2.45, 2.75) is 19.3 Å². The average molecular weight is 296 g/mol. The van der Waals surface area contributed by atoms with Crippen molar-refractivity contribution in [3.05, 3.63) is 0 Å². The zero-order chi connectivity index (χ0) is 15.2. The van der Waals surface area contributed by atoms with Crippen molar-refractivity contribution in [1.82, 2.24) is 20.0 Å². The molecule has 7 heteroatoms. The minimum Gasteiger partial charge on any atom is -0.348 e. The van der Waals surface area contributed by atoms with Gasteiger partial charge >= 0.3 is 11.8 Å². The molecule has 2 saturated heterocycles. The fraction of sp³-hybridized carbons (Fsp3) is 0.786. The van der Waals surface area contributed by atoms with Gasteiger partial charge in [0, 0.05) is 52.2 Å². The summed E-state index contributed by atoms with van der Waals surface area (Å²) in [6.45, 7) is 4.71. The Balaban J connectivity index is 1.62. The van der Waals surface area contributed by atoms with Crippen molar-refractivity contribution < 1.29 is 14.4 Å². The predicted octanol–water partition coefficient (Wildman–Crippen LogP) is -1.11. The Morgan fingerprint density at radius 1 is 1.14 bits per heavy atom. The molecule has 0 unspecified atom stereocenters. The third-order valence-corrected chi connectivity index (χ3v) is 4.05. The molecule has 2 aliphatic rings. The van der Waals surface area contributed by atoms with Crippen molar-refractivity contribution in [1.29, 1.82) is 0 Å². The van der Waals surface area contributed by atoms with Crippen molar-refractivity contribution in [3.8, 4) is 0 Å². The summed E-state index contributed by atoms with van der Waals surface area (Å²) in [5.74, 6) is -0.789. The Labute approximate surface area is 125 Å². The monoisotopic (exact) mass is 296 g/mol. The molecule has 2 heterocycles. The van der Waals surface area contributed by atoms with E-state index in [9.17, 15) is 14.4 Å². The van der Waals surface area contributed by atoms with Gasteiger partial charge in [0.1, 0.15) is 0 Å². The number of nitrogens with zero attached hydrogens (tertiary/aromatic N) is 3. The number of rotatable bonds is 4. The molecule has 2 rings (SSSR count). The first-order valence-corrected chi connectivity index (χ1v) is 7.61. The predicted molar refractivity (Wildman–Crippen MR) is 77.5 cm³/mol. The minimum absolute atomic E-state index is 0.190. The maximum atomic E-state index is 11.9. The van der Waals surface area contributed by atoms with E-state index in [0.717, 1.165) is 26.1 Å². The maximum absolute atomic E-state index is 11.9. The van der Waals surface area contributed by atoms with Gasteiger partial charge in [0.05, 0.1) is 0 Å². The normalized spacial score (nSPS) is 20.0. The van der Waals surface area contributed by atoms with Crippen LogP contribution in [0.2, 0.25) is 0 Å². The molecule has 118 valence electrons. The number of carbonyl (C=O) groups excluding carboxylic acids is 3. The number of nitrogens with one attached hydrogen (secondary N) is 1. The lowest BCUT2D eigenvalue weighted by molar-refractivity contribution is -0.146. The molecule has 3 amide bonds.